The van der Waals surface area contributed by atoms with Crippen LogP contribution >= 0.6 is 0 Å². The van der Waals surface area contributed by atoms with Gasteiger partial charge in [0, 0.05) is 24.6 Å². The summed E-state index contributed by atoms with van der Waals surface area (Å²) >= 11 is 0. The van der Waals surface area contributed by atoms with Crippen LogP contribution in [0.1, 0.15) is 18.9 Å². The molecule has 0 unspecified atom stereocenters. The van der Waals surface area contributed by atoms with Crippen molar-refractivity contribution in [1.82, 2.24) is 0 Å². The number of methoxy groups -OCH3 is 2. The van der Waals surface area contributed by atoms with Crippen LogP contribution in [0, 0.1) is 5.92 Å². The molecule has 1 amide bonds. The molecule has 2 aromatic carbocycles. The van der Waals surface area contributed by atoms with Gasteiger partial charge in [0.2, 0.25) is 0 Å². The van der Waals surface area contributed by atoms with Gasteiger partial charge < -0.3 is 24.2 Å². The normalized spacial score (nSPS) is 26.1. The number of carbonyl (C=O) groups excluding carboxylic acids is 1. The summed E-state index contributed by atoms with van der Waals surface area (Å²) in [5.41, 5.74) is 0.675. The SMILES string of the molecule is C=CCN1C(=O)[C@]2(O[C@H](CCO)[C@@H]([Si](C)(C)c3ccc(OC)cc3)[C@@H]2C)c2cc(OC)ccc21. The highest BCUT2D eigenvalue weighted by Gasteiger charge is 2.66. The van der Waals surface area contributed by atoms with E-state index in [9.17, 15) is 9.90 Å². The molecule has 2 heterocycles. The summed E-state index contributed by atoms with van der Waals surface area (Å²) in [5.74, 6) is 1.35. The molecule has 34 heavy (non-hydrogen) atoms. The number of ether oxygens (including phenoxy) is 3. The molecule has 0 saturated carbocycles. The molecule has 0 aromatic heterocycles. The first kappa shape index (κ1) is 24.5. The first-order valence-electron chi connectivity index (χ1n) is 11.8. The van der Waals surface area contributed by atoms with E-state index in [-0.39, 0.29) is 30.1 Å². The van der Waals surface area contributed by atoms with Crippen molar-refractivity contribution in [3.63, 3.8) is 0 Å². The highest BCUT2D eigenvalue weighted by molar-refractivity contribution is 6.91. The number of anilines is 1. The lowest BCUT2D eigenvalue weighted by Gasteiger charge is -2.37. The summed E-state index contributed by atoms with van der Waals surface area (Å²) in [5, 5.41) is 11.2. The van der Waals surface area contributed by atoms with Gasteiger partial charge in [-0.15, -0.1) is 6.58 Å². The predicted molar refractivity (Wildman–Crippen MR) is 137 cm³/mol. The van der Waals surface area contributed by atoms with Crippen LogP contribution in [0.2, 0.25) is 18.6 Å². The molecule has 4 rings (SSSR count). The second-order valence-corrected chi connectivity index (χ2v) is 14.4. The molecule has 1 fully saturated rings. The average molecular weight is 482 g/mol. The summed E-state index contributed by atoms with van der Waals surface area (Å²) in [6.07, 6.45) is 1.98. The number of hydrogen-bond acceptors (Lipinski definition) is 5. The largest absolute Gasteiger partial charge is 0.497 e. The molecule has 2 aliphatic rings. The number of carbonyl (C=O) groups is 1. The van der Waals surface area contributed by atoms with Crippen LogP contribution < -0.4 is 19.6 Å². The van der Waals surface area contributed by atoms with Crippen molar-refractivity contribution < 1.29 is 24.1 Å². The highest BCUT2D eigenvalue weighted by Crippen LogP contribution is 2.60. The summed E-state index contributed by atoms with van der Waals surface area (Å²) in [7, 11) is 1.13. The van der Waals surface area contributed by atoms with Gasteiger partial charge in [0.05, 0.1) is 34.1 Å². The Balaban J connectivity index is 1.85. The Bertz CT molecular complexity index is 1070. The minimum Gasteiger partial charge on any atom is -0.497 e. The molecule has 1 saturated heterocycles. The molecule has 1 spiro atoms. The van der Waals surface area contributed by atoms with Gasteiger partial charge in [0.1, 0.15) is 11.5 Å². The van der Waals surface area contributed by atoms with E-state index in [0.29, 0.717) is 18.7 Å². The van der Waals surface area contributed by atoms with Gasteiger partial charge in [-0.1, -0.05) is 43.4 Å². The van der Waals surface area contributed by atoms with Gasteiger partial charge in [-0.25, -0.2) is 0 Å². The summed E-state index contributed by atoms with van der Waals surface area (Å²) in [6, 6.07) is 14.0. The minimum absolute atomic E-state index is 0.00654. The number of aliphatic hydroxyl groups excluding tert-OH is 1. The standard InChI is InChI=1S/C27H35NO5Si/c1-7-15-28-23-13-10-20(32-4)17-22(23)27(26(28)30)18(2)25(24(33-27)14-16-29)34(5,6)21-11-8-19(31-3)9-12-21/h7-13,17-18,24-25,29H,1,14-16H2,2-6H3/t18-,24+,25-,27+/m0/s1. The zero-order valence-corrected chi connectivity index (χ0v) is 21.7. The van der Waals surface area contributed by atoms with Gasteiger partial charge >= 0.3 is 0 Å². The van der Waals surface area contributed by atoms with Crippen molar-refractivity contribution >= 4 is 24.9 Å². The maximum atomic E-state index is 14.1. The fraction of sp³-hybridized carbons (Fsp3) is 0.444. The second kappa shape index (κ2) is 9.21. The second-order valence-electron chi connectivity index (χ2n) is 9.76. The Morgan fingerprint density at radius 2 is 1.79 bits per heavy atom. The van der Waals surface area contributed by atoms with Crippen molar-refractivity contribution in [3.05, 3.63) is 60.7 Å². The molecule has 6 nitrogen and oxygen atoms in total. The zero-order chi connectivity index (χ0) is 24.7. The fourth-order valence-electron chi connectivity index (χ4n) is 6.13. The molecule has 0 bridgehead atoms. The van der Waals surface area contributed by atoms with E-state index >= 15 is 0 Å². The summed E-state index contributed by atoms with van der Waals surface area (Å²) in [4.78, 5) is 15.8. The van der Waals surface area contributed by atoms with Crippen molar-refractivity contribution in [1.29, 1.82) is 0 Å². The van der Waals surface area contributed by atoms with Crippen LogP contribution in [0.3, 0.4) is 0 Å². The molecular weight excluding hydrogens is 446 g/mol. The molecule has 7 heteroatoms. The third-order valence-corrected chi connectivity index (χ3v) is 12.1. The molecule has 2 aromatic rings. The van der Waals surface area contributed by atoms with Crippen molar-refractivity contribution in [2.75, 3.05) is 32.3 Å². The lowest BCUT2D eigenvalue weighted by atomic mass is 9.82. The van der Waals surface area contributed by atoms with Crippen molar-refractivity contribution in [2.24, 2.45) is 5.92 Å². The summed E-state index contributed by atoms with van der Waals surface area (Å²) < 4.78 is 17.7. The summed E-state index contributed by atoms with van der Waals surface area (Å²) in [6.45, 7) is 11.1. The predicted octanol–water partition coefficient (Wildman–Crippen LogP) is 3.83. The van der Waals surface area contributed by atoms with Gasteiger partial charge in [-0.05, 0) is 42.3 Å². The first-order valence-corrected chi connectivity index (χ1v) is 14.9. The topological polar surface area (TPSA) is 68.2 Å². The Morgan fingerprint density at radius 3 is 2.38 bits per heavy atom. The van der Waals surface area contributed by atoms with Crippen molar-refractivity contribution in [2.45, 2.75) is 43.7 Å². The Kier molecular flexibility index (Phi) is 6.64. The van der Waals surface area contributed by atoms with Crippen molar-refractivity contribution in [3.8, 4) is 11.5 Å². The van der Waals surface area contributed by atoms with E-state index in [1.807, 2.05) is 30.3 Å². The fourth-order valence-corrected chi connectivity index (χ4v) is 10.2. The van der Waals surface area contributed by atoms with E-state index < -0.39 is 13.7 Å². The first-order chi connectivity index (χ1) is 16.3. The Labute approximate surface area is 203 Å². The minimum atomic E-state index is -2.17. The molecule has 0 aliphatic carbocycles. The van der Waals surface area contributed by atoms with Gasteiger partial charge in [0.25, 0.3) is 5.91 Å². The Morgan fingerprint density at radius 1 is 1.15 bits per heavy atom. The van der Waals surface area contributed by atoms with Gasteiger partial charge in [-0.3, -0.25) is 4.79 Å². The highest BCUT2D eigenvalue weighted by atomic mass is 28.3. The monoisotopic (exact) mass is 481 g/mol. The molecule has 2 aliphatic heterocycles. The lowest BCUT2D eigenvalue weighted by Crippen LogP contribution is -2.51. The van der Waals surface area contributed by atoms with Crippen LogP contribution in [0.5, 0.6) is 11.5 Å². The maximum absolute atomic E-state index is 14.1. The molecule has 1 N–H and O–H groups in total. The van der Waals surface area contributed by atoms with Crippen LogP contribution in [0.25, 0.3) is 0 Å². The van der Waals surface area contributed by atoms with Gasteiger partial charge in [0.15, 0.2) is 5.60 Å². The maximum Gasteiger partial charge on any atom is 0.264 e. The smallest absolute Gasteiger partial charge is 0.264 e. The number of nitrogens with zero attached hydrogens (tertiary/aromatic N) is 1. The number of fused-ring (bicyclic) bond motifs is 2. The molecular formula is C27H35NO5Si. The van der Waals surface area contributed by atoms with Crippen LogP contribution in [-0.4, -0.2) is 52.6 Å². The molecule has 0 radical (unpaired) electrons. The zero-order valence-electron chi connectivity index (χ0n) is 20.7. The number of hydrogen-bond donors (Lipinski definition) is 1. The Hall–Kier alpha value is -2.61. The third-order valence-electron chi connectivity index (χ3n) is 7.77. The van der Waals surface area contributed by atoms with E-state index in [2.05, 4.69) is 38.7 Å². The van der Waals surface area contributed by atoms with Gasteiger partial charge in [-0.2, -0.15) is 0 Å². The number of rotatable bonds is 8. The van der Waals surface area contributed by atoms with E-state index in [1.54, 1.807) is 25.2 Å². The quantitative estimate of drug-likeness (QED) is 0.458. The number of aliphatic hydroxyl groups is 1. The van der Waals surface area contributed by atoms with E-state index in [1.165, 1.54) is 5.19 Å². The average Bonchev–Trinajstić information content (AvgIpc) is 3.26. The van der Waals surface area contributed by atoms with Crippen LogP contribution in [0.4, 0.5) is 5.69 Å². The van der Waals surface area contributed by atoms with E-state index in [4.69, 9.17) is 14.2 Å². The number of amides is 1. The number of benzene rings is 2. The van der Waals surface area contributed by atoms with Crippen LogP contribution in [0.15, 0.2) is 55.1 Å². The molecule has 182 valence electrons. The molecule has 4 atom stereocenters. The third kappa shape index (κ3) is 3.58. The van der Waals surface area contributed by atoms with Crippen LogP contribution in [-0.2, 0) is 15.1 Å². The van der Waals surface area contributed by atoms with E-state index in [0.717, 1.165) is 17.0 Å². The lowest BCUT2D eigenvalue weighted by molar-refractivity contribution is -0.146.